The van der Waals surface area contributed by atoms with Crippen molar-refractivity contribution in [3.63, 3.8) is 0 Å². The first kappa shape index (κ1) is 25.7. The number of carbonyl (C=O) groups is 3. The molecule has 0 bridgehead atoms. The molecule has 2 aromatic carbocycles. The van der Waals surface area contributed by atoms with Crippen LogP contribution in [-0.4, -0.2) is 53.5 Å². The molecule has 2 atom stereocenters. The first-order valence-electron chi connectivity index (χ1n) is 11.6. The normalized spacial score (nSPS) is 13.6. The number of hydrogen-bond donors (Lipinski definition) is 4. The zero-order valence-corrected chi connectivity index (χ0v) is 19.3. The van der Waals surface area contributed by atoms with Crippen molar-refractivity contribution in [1.82, 2.24) is 10.6 Å². The van der Waals surface area contributed by atoms with Gasteiger partial charge in [0.05, 0.1) is 6.07 Å². The molecule has 0 fully saturated rings. The topological polar surface area (TPSA) is 149 Å². The van der Waals surface area contributed by atoms with Crippen molar-refractivity contribution in [3.8, 4) is 17.2 Å². The van der Waals surface area contributed by atoms with Crippen LogP contribution in [0.1, 0.15) is 49.1 Å². The van der Waals surface area contributed by atoms with E-state index >= 15 is 0 Å². The van der Waals surface area contributed by atoms with Gasteiger partial charge in [-0.1, -0.05) is 48.5 Å². The van der Waals surface area contributed by atoms with Gasteiger partial charge in [0.15, 0.2) is 6.10 Å². The van der Waals surface area contributed by atoms with Crippen LogP contribution in [0.5, 0.6) is 0 Å². The highest BCUT2D eigenvalue weighted by molar-refractivity contribution is 5.85. The third kappa shape index (κ3) is 6.80. The fourth-order valence-corrected chi connectivity index (χ4v) is 4.18. The van der Waals surface area contributed by atoms with Crippen LogP contribution >= 0.6 is 0 Å². The molecule has 2 unspecified atom stereocenters. The van der Waals surface area contributed by atoms with Crippen LogP contribution in [-0.2, 0) is 14.3 Å². The molecule has 3 rings (SSSR count). The van der Waals surface area contributed by atoms with E-state index in [1.54, 1.807) is 0 Å². The lowest BCUT2D eigenvalue weighted by atomic mass is 9.98. The second kappa shape index (κ2) is 12.5. The number of aliphatic hydroxyl groups excluding tert-OH is 1. The fourth-order valence-electron chi connectivity index (χ4n) is 4.18. The predicted molar refractivity (Wildman–Crippen MR) is 127 cm³/mol. The number of ether oxygens (including phenoxy) is 1. The average molecular weight is 480 g/mol. The number of nitrogens with one attached hydrogen (secondary N) is 2. The lowest BCUT2D eigenvalue weighted by Gasteiger charge is -2.20. The molecule has 0 aliphatic heterocycles. The SMILES string of the molecule is N#CCCCCC(NC(=O)OCC1c2ccccc2-c2ccccc21)C(=O)NCCC(O)C(=O)O. The summed E-state index contributed by atoms with van der Waals surface area (Å²) >= 11 is 0. The number of aliphatic carboxylic acids is 1. The Morgan fingerprint density at radius 1 is 1.00 bits per heavy atom. The van der Waals surface area contributed by atoms with Crippen LogP contribution in [0.15, 0.2) is 48.5 Å². The number of unbranched alkanes of at least 4 members (excludes halogenated alkanes) is 2. The van der Waals surface area contributed by atoms with E-state index in [4.69, 9.17) is 15.1 Å². The van der Waals surface area contributed by atoms with Gasteiger partial charge in [0, 0.05) is 25.3 Å². The summed E-state index contributed by atoms with van der Waals surface area (Å²) in [6, 6.07) is 17.1. The summed E-state index contributed by atoms with van der Waals surface area (Å²) in [5.41, 5.74) is 4.36. The summed E-state index contributed by atoms with van der Waals surface area (Å²) in [5.74, 6) is -1.99. The Bertz CT molecular complexity index is 1050. The summed E-state index contributed by atoms with van der Waals surface area (Å²) < 4.78 is 5.52. The number of nitrogens with zero attached hydrogens (tertiary/aromatic N) is 1. The molecule has 184 valence electrons. The van der Waals surface area contributed by atoms with Crippen LogP contribution in [0, 0.1) is 11.3 Å². The van der Waals surface area contributed by atoms with E-state index in [-0.39, 0.29) is 25.5 Å². The Labute approximate surface area is 203 Å². The van der Waals surface area contributed by atoms with Gasteiger partial charge in [0.25, 0.3) is 0 Å². The number of alkyl carbamates (subject to hydrolysis) is 1. The van der Waals surface area contributed by atoms with E-state index in [2.05, 4.69) is 10.6 Å². The summed E-state index contributed by atoms with van der Waals surface area (Å²) in [6.45, 7) is 0.0425. The second-order valence-corrected chi connectivity index (χ2v) is 8.36. The number of nitriles is 1. The number of carbonyl (C=O) groups excluding carboxylic acids is 2. The molecule has 1 aliphatic rings. The molecule has 1 aliphatic carbocycles. The molecular formula is C26H29N3O6. The zero-order valence-electron chi connectivity index (χ0n) is 19.3. The third-order valence-electron chi connectivity index (χ3n) is 5.99. The van der Waals surface area contributed by atoms with E-state index < -0.39 is 30.1 Å². The van der Waals surface area contributed by atoms with E-state index in [0.29, 0.717) is 25.7 Å². The second-order valence-electron chi connectivity index (χ2n) is 8.36. The van der Waals surface area contributed by atoms with Gasteiger partial charge in [-0.15, -0.1) is 0 Å². The van der Waals surface area contributed by atoms with E-state index in [9.17, 15) is 19.5 Å². The Morgan fingerprint density at radius 2 is 1.63 bits per heavy atom. The van der Waals surface area contributed by atoms with Crippen LogP contribution in [0.3, 0.4) is 0 Å². The van der Waals surface area contributed by atoms with Gasteiger partial charge in [-0.25, -0.2) is 9.59 Å². The molecule has 0 spiro atoms. The van der Waals surface area contributed by atoms with Crippen LogP contribution in [0.2, 0.25) is 0 Å². The largest absolute Gasteiger partial charge is 0.479 e. The Balaban J connectivity index is 1.59. The molecule has 9 heteroatoms. The van der Waals surface area contributed by atoms with Crippen molar-refractivity contribution in [2.45, 2.75) is 50.2 Å². The van der Waals surface area contributed by atoms with Gasteiger partial charge in [-0.2, -0.15) is 5.26 Å². The molecule has 0 saturated carbocycles. The Kier molecular flexibility index (Phi) is 9.21. The lowest BCUT2D eigenvalue weighted by Crippen LogP contribution is -2.47. The monoisotopic (exact) mass is 479 g/mol. The van der Waals surface area contributed by atoms with Crippen molar-refractivity contribution in [2.24, 2.45) is 0 Å². The quantitative estimate of drug-likeness (QED) is 0.342. The van der Waals surface area contributed by atoms with Crippen LogP contribution in [0.25, 0.3) is 11.1 Å². The number of carboxylic acids is 1. The summed E-state index contributed by atoms with van der Waals surface area (Å²) in [6.07, 6.45) is -0.745. The van der Waals surface area contributed by atoms with Crippen molar-refractivity contribution < 1.29 is 29.3 Å². The third-order valence-corrected chi connectivity index (χ3v) is 5.99. The van der Waals surface area contributed by atoms with Crippen molar-refractivity contribution in [2.75, 3.05) is 13.2 Å². The molecule has 4 N–H and O–H groups in total. The minimum Gasteiger partial charge on any atom is -0.479 e. The maximum atomic E-state index is 12.6. The zero-order chi connectivity index (χ0) is 25.2. The summed E-state index contributed by atoms with van der Waals surface area (Å²) in [4.78, 5) is 36.0. The summed E-state index contributed by atoms with van der Waals surface area (Å²) in [7, 11) is 0. The molecule has 2 aromatic rings. The maximum absolute atomic E-state index is 12.6. The summed E-state index contributed by atoms with van der Waals surface area (Å²) in [5, 5.41) is 32.0. The Morgan fingerprint density at radius 3 is 2.23 bits per heavy atom. The lowest BCUT2D eigenvalue weighted by molar-refractivity contribution is -0.147. The number of benzene rings is 2. The number of fused-ring (bicyclic) bond motifs is 3. The highest BCUT2D eigenvalue weighted by Crippen LogP contribution is 2.44. The molecule has 35 heavy (non-hydrogen) atoms. The van der Waals surface area contributed by atoms with Gasteiger partial charge in [-0.3, -0.25) is 4.79 Å². The first-order valence-corrected chi connectivity index (χ1v) is 11.6. The molecule has 2 amide bonds. The minimum atomic E-state index is -1.58. The maximum Gasteiger partial charge on any atom is 0.407 e. The van der Waals surface area contributed by atoms with Gasteiger partial charge < -0.3 is 25.6 Å². The molecule has 0 saturated heterocycles. The van der Waals surface area contributed by atoms with E-state index in [0.717, 1.165) is 22.3 Å². The molecule has 9 nitrogen and oxygen atoms in total. The highest BCUT2D eigenvalue weighted by atomic mass is 16.5. The molecular weight excluding hydrogens is 450 g/mol. The van der Waals surface area contributed by atoms with Crippen molar-refractivity contribution in [3.05, 3.63) is 59.7 Å². The van der Waals surface area contributed by atoms with Gasteiger partial charge >= 0.3 is 12.1 Å². The standard InChI is InChI=1S/C26H29N3O6/c27-14-7-1-2-12-22(24(31)28-15-13-23(30)25(32)33)29-26(34)35-16-21-19-10-5-3-8-17(19)18-9-4-6-11-20(18)21/h3-6,8-11,21-23,30H,1-2,7,12-13,15-16H2,(H,28,31)(H,29,34)(H,32,33). The van der Waals surface area contributed by atoms with Crippen LogP contribution in [0.4, 0.5) is 4.79 Å². The predicted octanol–water partition coefficient (Wildman–Crippen LogP) is 2.93. The van der Waals surface area contributed by atoms with Crippen molar-refractivity contribution >= 4 is 18.0 Å². The first-order chi connectivity index (χ1) is 16.9. The fraction of sp³-hybridized carbons (Fsp3) is 0.385. The molecule has 0 radical (unpaired) electrons. The number of carboxylic acid groups (broad SMARTS) is 1. The van der Waals surface area contributed by atoms with Gasteiger partial charge in [0.1, 0.15) is 12.6 Å². The number of rotatable bonds is 12. The number of hydrogen-bond acceptors (Lipinski definition) is 6. The minimum absolute atomic E-state index is 0.0621. The van der Waals surface area contributed by atoms with Gasteiger partial charge in [0.2, 0.25) is 5.91 Å². The van der Waals surface area contributed by atoms with Crippen molar-refractivity contribution in [1.29, 1.82) is 5.26 Å². The highest BCUT2D eigenvalue weighted by Gasteiger charge is 2.29. The van der Waals surface area contributed by atoms with Gasteiger partial charge in [-0.05, 0) is 41.5 Å². The van der Waals surface area contributed by atoms with Crippen LogP contribution < -0.4 is 10.6 Å². The molecule has 0 aromatic heterocycles. The molecule has 0 heterocycles. The Hall–Kier alpha value is -3.90. The smallest absolute Gasteiger partial charge is 0.407 e. The van der Waals surface area contributed by atoms with E-state index in [1.807, 2.05) is 54.6 Å². The number of aliphatic hydroxyl groups is 1. The average Bonchev–Trinajstić information content (AvgIpc) is 3.18. The number of amides is 2. The van der Waals surface area contributed by atoms with E-state index in [1.165, 1.54) is 0 Å².